The Morgan fingerprint density at radius 1 is 1.05 bits per heavy atom. The van der Waals surface area contributed by atoms with Crippen molar-refractivity contribution in [3.8, 4) is 0 Å². The smallest absolute Gasteiger partial charge is 0.0958 e. The van der Waals surface area contributed by atoms with Crippen LogP contribution in [0.4, 0.5) is 5.69 Å². The molecule has 2 aromatic carbocycles. The molecule has 1 N–H and O–H groups in total. The first-order valence-corrected chi connectivity index (χ1v) is 6.95. The van der Waals surface area contributed by atoms with Gasteiger partial charge in [0.15, 0.2) is 0 Å². The number of aromatic nitrogens is 2. The van der Waals surface area contributed by atoms with Gasteiger partial charge in [0, 0.05) is 18.8 Å². The Kier molecular flexibility index (Phi) is 3.42. The molecule has 0 aliphatic heterocycles. The first kappa shape index (κ1) is 12.7. The van der Waals surface area contributed by atoms with Crippen molar-refractivity contribution in [2.45, 2.75) is 20.4 Å². The van der Waals surface area contributed by atoms with Gasteiger partial charge in [-0.1, -0.05) is 18.2 Å². The summed E-state index contributed by atoms with van der Waals surface area (Å²) < 4.78 is 2.21. The number of rotatable bonds is 4. The van der Waals surface area contributed by atoms with Gasteiger partial charge in [0.25, 0.3) is 0 Å². The van der Waals surface area contributed by atoms with Gasteiger partial charge in [0.05, 0.1) is 17.4 Å². The van der Waals surface area contributed by atoms with Crippen molar-refractivity contribution in [3.05, 3.63) is 59.9 Å². The number of imidazole rings is 1. The van der Waals surface area contributed by atoms with Crippen LogP contribution in [0.25, 0.3) is 11.0 Å². The third kappa shape index (κ3) is 2.52. The lowest BCUT2D eigenvalue weighted by atomic mass is 10.1. The molecule has 0 amide bonds. The molecule has 0 saturated carbocycles. The SMILES string of the molecule is Cc1cc2ncn(CCNc3ccccc3)c2cc1C. The number of nitrogens with zero attached hydrogens (tertiary/aromatic N) is 2. The number of benzene rings is 2. The highest BCUT2D eigenvalue weighted by Gasteiger charge is 2.04. The maximum Gasteiger partial charge on any atom is 0.0958 e. The summed E-state index contributed by atoms with van der Waals surface area (Å²) in [6.07, 6.45) is 1.93. The van der Waals surface area contributed by atoms with Crippen LogP contribution in [0.5, 0.6) is 0 Å². The molecule has 20 heavy (non-hydrogen) atoms. The van der Waals surface area contributed by atoms with Crippen LogP contribution in [-0.4, -0.2) is 16.1 Å². The zero-order valence-corrected chi connectivity index (χ0v) is 11.9. The van der Waals surface area contributed by atoms with E-state index in [1.807, 2.05) is 24.5 Å². The Labute approximate surface area is 119 Å². The second-order valence-corrected chi connectivity index (χ2v) is 5.16. The lowest BCUT2D eigenvalue weighted by molar-refractivity contribution is 0.749. The Morgan fingerprint density at radius 2 is 1.80 bits per heavy atom. The third-order valence-corrected chi connectivity index (χ3v) is 3.69. The topological polar surface area (TPSA) is 29.9 Å². The average Bonchev–Trinajstić information content (AvgIpc) is 2.83. The van der Waals surface area contributed by atoms with Gasteiger partial charge in [0.2, 0.25) is 0 Å². The summed E-state index contributed by atoms with van der Waals surface area (Å²) in [5.74, 6) is 0. The summed E-state index contributed by atoms with van der Waals surface area (Å²) in [6.45, 7) is 6.08. The van der Waals surface area contributed by atoms with Crippen molar-refractivity contribution in [1.82, 2.24) is 9.55 Å². The van der Waals surface area contributed by atoms with Crippen LogP contribution >= 0.6 is 0 Å². The number of nitrogens with one attached hydrogen (secondary N) is 1. The van der Waals surface area contributed by atoms with Gasteiger partial charge < -0.3 is 9.88 Å². The van der Waals surface area contributed by atoms with E-state index >= 15 is 0 Å². The second kappa shape index (κ2) is 5.37. The predicted molar refractivity (Wildman–Crippen MR) is 84.1 cm³/mol. The van der Waals surface area contributed by atoms with Crippen molar-refractivity contribution in [2.75, 3.05) is 11.9 Å². The molecule has 0 fully saturated rings. The van der Waals surface area contributed by atoms with Crippen LogP contribution in [0.1, 0.15) is 11.1 Å². The maximum atomic E-state index is 4.48. The fraction of sp³-hybridized carbons (Fsp3) is 0.235. The molecule has 0 saturated heterocycles. The molecule has 0 aliphatic carbocycles. The van der Waals surface area contributed by atoms with E-state index in [9.17, 15) is 0 Å². The van der Waals surface area contributed by atoms with Crippen LogP contribution < -0.4 is 5.32 Å². The highest BCUT2D eigenvalue weighted by molar-refractivity contribution is 5.77. The minimum Gasteiger partial charge on any atom is -0.383 e. The van der Waals surface area contributed by atoms with Crippen molar-refractivity contribution in [3.63, 3.8) is 0 Å². The summed E-state index contributed by atoms with van der Waals surface area (Å²) in [4.78, 5) is 4.48. The summed E-state index contributed by atoms with van der Waals surface area (Å²) in [5.41, 5.74) is 6.06. The molecule has 0 spiro atoms. The van der Waals surface area contributed by atoms with Gasteiger partial charge in [0.1, 0.15) is 0 Å². The monoisotopic (exact) mass is 265 g/mol. The van der Waals surface area contributed by atoms with Crippen LogP contribution in [0, 0.1) is 13.8 Å². The quantitative estimate of drug-likeness (QED) is 0.778. The van der Waals surface area contributed by atoms with Gasteiger partial charge in [-0.3, -0.25) is 0 Å². The fourth-order valence-electron chi connectivity index (χ4n) is 2.37. The molecule has 1 heterocycles. The summed E-state index contributed by atoms with van der Waals surface area (Å²) in [7, 11) is 0. The second-order valence-electron chi connectivity index (χ2n) is 5.16. The van der Waals surface area contributed by atoms with Crippen molar-refractivity contribution < 1.29 is 0 Å². The number of para-hydroxylation sites is 1. The summed E-state index contributed by atoms with van der Waals surface area (Å²) in [6, 6.07) is 14.7. The van der Waals surface area contributed by atoms with Crippen LogP contribution in [0.15, 0.2) is 48.8 Å². The molecule has 1 aromatic heterocycles. The van der Waals surface area contributed by atoms with E-state index < -0.39 is 0 Å². The summed E-state index contributed by atoms with van der Waals surface area (Å²) >= 11 is 0. The number of fused-ring (bicyclic) bond motifs is 1. The van der Waals surface area contributed by atoms with Crippen LogP contribution in [0.2, 0.25) is 0 Å². The zero-order valence-electron chi connectivity index (χ0n) is 11.9. The van der Waals surface area contributed by atoms with Crippen molar-refractivity contribution in [1.29, 1.82) is 0 Å². The van der Waals surface area contributed by atoms with Crippen molar-refractivity contribution in [2.24, 2.45) is 0 Å². The Morgan fingerprint density at radius 3 is 2.60 bits per heavy atom. The number of aryl methyl sites for hydroxylation is 2. The van der Waals surface area contributed by atoms with Gasteiger partial charge >= 0.3 is 0 Å². The summed E-state index contributed by atoms with van der Waals surface area (Å²) in [5, 5.41) is 3.43. The molecule has 3 heteroatoms. The van der Waals surface area contributed by atoms with E-state index in [0.29, 0.717) is 0 Å². The lowest BCUT2D eigenvalue weighted by Crippen LogP contribution is -2.09. The fourth-order valence-corrected chi connectivity index (χ4v) is 2.37. The van der Waals surface area contributed by atoms with Crippen LogP contribution in [-0.2, 0) is 6.54 Å². The zero-order chi connectivity index (χ0) is 13.9. The maximum absolute atomic E-state index is 4.48. The Bertz CT molecular complexity index is 714. The average molecular weight is 265 g/mol. The standard InChI is InChI=1S/C17H19N3/c1-13-10-16-17(11-14(13)2)20(12-19-16)9-8-18-15-6-4-3-5-7-15/h3-7,10-12,18H,8-9H2,1-2H3. The molecule has 0 unspecified atom stereocenters. The molecule has 3 aromatic rings. The molecule has 102 valence electrons. The van der Waals surface area contributed by atoms with E-state index in [2.05, 4.69) is 53.0 Å². The molecule has 0 bridgehead atoms. The highest BCUT2D eigenvalue weighted by Crippen LogP contribution is 2.18. The number of hydrogen-bond acceptors (Lipinski definition) is 2. The number of anilines is 1. The molecule has 3 rings (SSSR count). The molecule has 0 atom stereocenters. The molecule has 3 nitrogen and oxygen atoms in total. The van der Waals surface area contributed by atoms with E-state index in [0.717, 1.165) is 24.3 Å². The minimum absolute atomic E-state index is 0.891. The van der Waals surface area contributed by atoms with E-state index in [1.54, 1.807) is 0 Å². The first-order valence-electron chi connectivity index (χ1n) is 6.95. The third-order valence-electron chi connectivity index (χ3n) is 3.69. The lowest BCUT2D eigenvalue weighted by Gasteiger charge is -2.08. The van der Waals surface area contributed by atoms with E-state index in [4.69, 9.17) is 0 Å². The normalized spacial score (nSPS) is 10.9. The predicted octanol–water partition coefficient (Wildman–Crippen LogP) is 3.77. The molecular formula is C17H19N3. The largest absolute Gasteiger partial charge is 0.383 e. The first-order chi connectivity index (χ1) is 9.74. The van der Waals surface area contributed by atoms with Gasteiger partial charge in [-0.15, -0.1) is 0 Å². The Balaban J connectivity index is 1.73. The highest BCUT2D eigenvalue weighted by atomic mass is 15.1. The van der Waals surface area contributed by atoms with E-state index in [1.165, 1.54) is 16.6 Å². The van der Waals surface area contributed by atoms with Gasteiger partial charge in [-0.25, -0.2) is 4.98 Å². The van der Waals surface area contributed by atoms with Crippen molar-refractivity contribution >= 4 is 16.7 Å². The molecular weight excluding hydrogens is 246 g/mol. The Hall–Kier alpha value is -2.29. The van der Waals surface area contributed by atoms with Gasteiger partial charge in [-0.2, -0.15) is 0 Å². The number of hydrogen-bond donors (Lipinski definition) is 1. The van der Waals surface area contributed by atoms with Crippen LogP contribution in [0.3, 0.4) is 0 Å². The van der Waals surface area contributed by atoms with Gasteiger partial charge in [-0.05, 0) is 49.2 Å². The van der Waals surface area contributed by atoms with E-state index in [-0.39, 0.29) is 0 Å². The molecule has 0 aliphatic rings. The molecule has 0 radical (unpaired) electrons. The minimum atomic E-state index is 0.891.